The van der Waals surface area contributed by atoms with Gasteiger partial charge in [-0.2, -0.15) is 4.98 Å². The van der Waals surface area contributed by atoms with Crippen LogP contribution in [0.2, 0.25) is 10.0 Å². The van der Waals surface area contributed by atoms with Gasteiger partial charge in [0.1, 0.15) is 5.82 Å². The van der Waals surface area contributed by atoms with Crippen LogP contribution in [0.4, 0.5) is 11.8 Å². The van der Waals surface area contributed by atoms with Crippen molar-refractivity contribution in [1.82, 2.24) is 9.97 Å². The molecule has 136 valence electrons. The minimum absolute atomic E-state index is 0.671. The van der Waals surface area contributed by atoms with Crippen molar-refractivity contribution in [1.29, 1.82) is 0 Å². The fraction of sp³-hybridized carbons (Fsp3) is 0.238. The van der Waals surface area contributed by atoms with Gasteiger partial charge in [0.15, 0.2) is 0 Å². The van der Waals surface area contributed by atoms with Gasteiger partial charge in [0.05, 0.1) is 0 Å². The van der Waals surface area contributed by atoms with Gasteiger partial charge in [-0.25, -0.2) is 4.98 Å². The van der Waals surface area contributed by atoms with Crippen LogP contribution >= 0.6 is 23.2 Å². The van der Waals surface area contributed by atoms with Crippen LogP contribution in [-0.2, 0) is 26.1 Å². The van der Waals surface area contributed by atoms with Gasteiger partial charge in [-0.3, -0.25) is 0 Å². The number of aromatic nitrogens is 2. The Balaban J connectivity index is 1.40. The lowest BCUT2D eigenvalue weighted by Gasteiger charge is -2.30. The molecule has 27 heavy (non-hydrogen) atoms. The number of halogens is 2. The number of rotatable bonds is 2. The van der Waals surface area contributed by atoms with Crippen molar-refractivity contribution < 1.29 is 0 Å². The fourth-order valence-electron chi connectivity index (χ4n) is 3.94. The van der Waals surface area contributed by atoms with Gasteiger partial charge in [-0.05, 0) is 46.9 Å². The van der Waals surface area contributed by atoms with E-state index in [1.54, 1.807) is 0 Å². The Morgan fingerprint density at radius 1 is 0.852 bits per heavy atom. The van der Waals surface area contributed by atoms with E-state index in [0.717, 1.165) is 55.0 Å². The van der Waals surface area contributed by atoms with Crippen LogP contribution in [0, 0.1) is 0 Å². The highest BCUT2D eigenvalue weighted by molar-refractivity contribution is 6.35. The van der Waals surface area contributed by atoms with Crippen molar-refractivity contribution in [3.8, 4) is 0 Å². The lowest BCUT2D eigenvalue weighted by Crippen LogP contribution is -2.32. The molecule has 6 heteroatoms. The zero-order valence-corrected chi connectivity index (χ0v) is 16.2. The summed E-state index contributed by atoms with van der Waals surface area (Å²) in [4.78, 5) is 13.9. The first-order chi connectivity index (χ1) is 13.2. The summed E-state index contributed by atoms with van der Waals surface area (Å²) in [5, 5.41) is 1.42. The average molecular weight is 397 g/mol. The molecule has 0 radical (unpaired) electrons. The molecular formula is C21H18Cl2N4. The molecule has 2 aliphatic heterocycles. The molecule has 0 N–H and O–H groups in total. The van der Waals surface area contributed by atoms with Crippen molar-refractivity contribution in [3.63, 3.8) is 0 Å². The quantitative estimate of drug-likeness (QED) is 0.618. The molecule has 0 amide bonds. The van der Waals surface area contributed by atoms with Gasteiger partial charge in [0.25, 0.3) is 0 Å². The van der Waals surface area contributed by atoms with Crippen molar-refractivity contribution in [2.24, 2.45) is 0 Å². The van der Waals surface area contributed by atoms with Crippen LogP contribution in [0.1, 0.15) is 22.3 Å². The van der Waals surface area contributed by atoms with E-state index in [4.69, 9.17) is 28.2 Å². The molecule has 2 aliphatic rings. The van der Waals surface area contributed by atoms with Crippen LogP contribution in [0.3, 0.4) is 0 Å². The highest BCUT2D eigenvalue weighted by atomic mass is 35.5. The molecule has 3 aromatic rings. The summed E-state index contributed by atoms with van der Waals surface area (Å²) in [6.45, 7) is 3.35. The summed E-state index contributed by atoms with van der Waals surface area (Å²) in [6.07, 6.45) is 2.72. The van der Waals surface area contributed by atoms with E-state index in [0.29, 0.717) is 5.02 Å². The topological polar surface area (TPSA) is 32.3 Å². The second kappa shape index (κ2) is 6.70. The first kappa shape index (κ1) is 16.8. The minimum atomic E-state index is 0.671. The molecule has 2 aromatic carbocycles. The number of hydrogen-bond acceptors (Lipinski definition) is 4. The SMILES string of the molecule is Clc1cc(Cl)c2c(c1)CN(c1nccc(N3Cc4ccccc4C3)n1)CC2. The second-order valence-electron chi connectivity index (χ2n) is 7.04. The zero-order chi connectivity index (χ0) is 18.4. The van der Waals surface area contributed by atoms with E-state index < -0.39 is 0 Å². The van der Waals surface area contributed by atoms with Gasteiger partial charge < -0.3 is 9.80 Å². The maximum absolute atomic E-state index is 6.36. The Morgan fingerprint density at radius 3 is 2.37 bits per heavy atom. The smallest absolute Gasteiger partial charge is 0.227 e. The predicted octanol–water partition coefficient (Wildman–Crippen LogP) is 4.87. The molecule has 5 rings (SSSR count). The zero-order valence-electron chi connectivity index (χ0n) is 14.7. The molecule has 0 spiro atoms. The molecule has 0 saturated heterocycles. The number of benzene rings is 2. The van der Waals surface area contributed by atoms with Gasteiger partial charge >= 0.3 is 0 Å². The van der Waals surface area contributed by atoms with E-state index in [-0.39, 0.29) is 0 Å². The van der Waals surface area contributed by atoms with E-state index in [9.17, 15) is 0 Å². The summed E-state index contributed by atoms with van der Waals surface area (Å²) < 4.78 is 0. The molecule has 0 atom stereocenters. The molecule has 0 bridgehead atoms. The van der Waals surface area contributed by atoms with Crippen LogP contribution in [0.25, 0.3) is 0 Å². The van der Waals surface area contributed by atoms with Gasteiger partial charge in [0, 0.05) is 42.4 Å². The molecule has 3 heterocycles. The van der Waals surface area contributed by atoms with Crippen LogP contribution in [-0.4, -0.2) is 16.5 Å². The third kappa shape index (κ3) is 3.13. The average Bonchev–Trinajstić information content (AvgIpc) is 3.12. The third-order valence-electron chi connectivity index (χ3n) is 5.32. The summed E-state index contributed by atoms with van der Waals surface area (Å²) in [5.74, 6) is 1.72. The maximum Gasteiger partial charge on any atom is 0.227 e. The summed E-state index contributed by atoms with van der Waals surface area (Å²) in [5.41, 5.74) is 5.08. The molecular weight excluding hydrogens is 379 g/mol. The van der Waals surface area contributed by atoms with E-state index in [1.165, 1.54) is 16.7 Å². The molecule has 4 nitrogen and oxygen atoms in total. The molecule has 1 aromatic heterocycles. The summed E-state index contributed by atoms with van der Waals surface area (Å²) >= 11 is 12.5. The minimum Gasteiger partial charge on any atom is -0.348 e. The first-order valence-corrected chi connectivity index (χ1v) is 9.79. The number of hydrogen-bond donors (Lipinski definition) is 0. The normalized spacial score (nSPS) is 15.6. The Hall–Kier alpha value is -2.30. The third-order valence-corrected chi connectivity index (χ3v) is 5.88. The lowest BCUT2D eigenvalue weighted by atomic mass is 10.00. The second-order valence-corrected chi connectivity index (χ2v) is 7.88. The van der Waals surface area contributed by atoms with Crippen molar-refractivity contribution in [2.75, 3.05) is 16.3 Å². The number of fused-ring (bicyclic) bond motifs is 2. The standard InChI is InChI=1S/C21H18Cl2N4/c22-17-9-16-13-26(8-6-18(16)19(23)10-17)21-24-7-5-20(25-21)27-11-14-3-1-2-4-15(14)12-27/h1-5,7,9-10H,6,8,11-13H2. The van der Waals surface area contributed by atoms with Crippen LogP contribution in [0.15, 0.2) is 48.7 Å². The Bertz CT molecular complexity index is 996. The molecule has 0 unspecified atom stereocenters. The van der Waals surface area contributed by atoms with E-state index in [1.807, 2.05) is 24.4 Å². The van der Waals surface area contributed by atoms with E-state index in [2.05, 4.69) is 39.0 Å². The molecule has 0 fully saturated rings. The molecule has 0 saturated carbocycles. The monoisotopic (exact) mass is 396 g/mol. The van der Waals surface area contributed by atoms with Gasteiger partial charge in [-0.1, -0.05) is 47.5 Å². The van der Waals surface area contributed by atoms with Crippen LogP contribution < -0.4 is 9.80 Å². The van der Waals surface area contributed by atoms with Gasteiger partial charge in [0.2, 0.25) is 5.95 Å². The van der Waals surface area contributed by atoms with Crippen molar-refractivity contribution in [3.05, 3.63) is 81.0 Å². The Morgan fingerprint density at radius 2 is 1.59 bits per heavy atom. The van der Waals surface area contributed by atoms with Crippen molar-refractivity contribution >= 4 is 35.0 Å². The predicted molar refractivity (Wildman–Crippen MR) is 110 cm³/mol. The highest BCUT2D eigenvalue weighted by Gasteiger charge is 2.23. The largest absolute Gasteiger partial charge is 0.348 e. The molecule has 0 aliphatic carbocycles. The lowest BCUT2D eigenvalue weighted by molar-refractivity contribution is 0.704. The summed E-state index contributed by atoms with van der Waals surface area (Å²) in [6, 6.07) is 14.4. The Labute approximate surface area is 168 Å². The van der Waals surface area contributed by atoms with Crippen molar-refractivity contribution in [2.45, 2.75) is 26.1 Å². The van der Waals surface area contributed by atoms with Gasteiger partial charge in [-0.15, -0.1) is 0 Å². The number of anilines is 2. The van der Waals surface area contributed by atoms with Crippen LogP contribution in [0.5, 0.6) is 0 Å². The highest BCUT2D eigenvalue weighted by Crippen LogP contribution is 2.32. The summed E-state index contributed by atoms with van der Waals surface area (Å²) in [7, 11) is 0. The first-order valence-electron chi connectivity index (χ1n) is 9.04. The number of nitrogens with zero attached hydrogens (tertiary/aromatic N) is 4. The fourth-order valence-corrected chi connectivity index (χ4v) is 4.57. The Kier molecular flexibility index (Phi) is 4.18. The van der Waals surface area contributed by atoms with E-state index >= 15 is 0 Å². The maximum atomic E-state index is 6.36.